The fourth-order valence-electron chi connectivity index (χ4n) is 1.13. The zero-order chi connectivity index (χ0) is 9.68. The van der Waals surface area contributed by atoms with E-state index in [-0.39, 0.29) is 12.6 Å². The summed E-state index contributed by atoms with van der Waals surface area (Å²) in [5, 5.41) is 2.75. The van der Waals surface area contributed by atoms with Gasteiger partial charge in [0.05, 0.1) is 6.54 Å². The third-order valence-corrected chi connectivity index (χ3v) is 1.88. The third-order valence-electron chi connectivity index (χ3n) is 1.88. The summed E-state index contributed by atoms with van der Waals surface area (Å²) in [6.45, 7) is 1.62. The Hall–Kier alpha value is -0.960. The summed E-state index contributed by atoms with van der Waals surface area (Å²) < 4.78 is 23.7. The zero-order valence-electron chi connectivity index (χ0n) is 7.50. The molecular formula is C10H13F2N. The molecule has 0 amide bonds. The molecule has 1 nitrogen and oxygen atoms in total. The van der Waals surface area contributed by atoms with E-state index in [1.54, 1.807) is 0 Å². The van der Waals surface area contributed by atoms with Crippen LogP contribution in [0.3, 0.4) is 0 Å². The second kappa shape index (κ2) is 4.92. The SMILES string of the molecule is C[C@H](NCC(F)F)c1ccccc1. The van der Waals surface area contributed by atoms with Gasteiger partial charge in [0, 0.05) is 6.04 Å². The van der Waals surface area contributed by atoms with Gasteiger partial charge in [0.1, 0.15) is 0 Å². The molecule has 0 aliphatic carbocycles. The number of hydrogen-bond acceptors (Lipinski definition) is 1. The molecule has 0 bridgehead atoms. The topological polar surface area (TPSA) is 12.0 Å². The number of halogens is 2. The molecule has 1 atom stereocenters. The molecule has 0 heterocycles. The molecule has 1 aromatic carbocycles. The van der Waals surface area contributed by atoms with Gasteiger partial charge in [-0.15, -0.1) is 0 Å². The molecule has 0 aliphatic rings. The molecule has 0 fully saturated rings. The highest BCUT2D eigenvalue weighted by molar-refractivity contribution is 5.17. The van der Waals surface area contributed by atoms with Crippen molar-refractivity contribution in [2.75, 3.05) is 6.54 Å². The van der Waals surface area contributed by atoms with Gasteiger partial charge in [-0.1, -0.05) is 30.3 Å². The van der Waals surface area contributed by atoms with Crippen molar-refractivity contribution in [1.82, 2.24) is 5.32 Å². The second-order valence-electron chi connectivity index (χ2n) is 2.93. The number of benzene rings is 1. The van der Waals surface area contributed by atoms with Crippen molar-refractivity contribution in [2.24, 2.45) is 0 Å². The first-order valence-electron chi connectivity index (χ1n) is 4.26. The summed E-state index contributed by atoms with van der Waals surface area (Å²) in [6, 6.07) is 9.52. The lowest BCUT2D eigenvalue weighted by atomic mass is 10.1. The Morgan fingerprint density at radius 2 is 1.85 bits per heavy atom. The Morgan fingerprint density at radius 3 is 2.38 bits per heavy atom. The first-order valence-corrected chi connectivity index (χ1v) is 4.26. The molecule has 0 saturated heterocycles. The van der Waals surface area contributed by atoms with E-state index in [2.05, 4.69) is 5.32 Å². The predicted octanol–water partition coefficient (Wildman–Crippen LogP) is 2.60. The lowest BCUT2D eigenvalue weighted by molar-refractivity contribution is 0.142. The zero-order valence-corrected chi connectivity index (χ0v) is 7.50. The smallest absolute Gasteiger partial charge is 0.250 e. The van der Waals surface area contributed by atoms with Gasteiger partial charge < -0.3 is 5.32 Å². The highest BCUT2D eigenvalue weighted by Gasteiger charge is 2.07. The van der Waals surface area contributed by atoms with Crippen molar-refractivity contribution in [1.29, 1.82) is 0 Å². The minimum atomic E-state index is -2.29. The van der Waals surface area contributed by atoms with Gasteiger partial charge in [-0.05, 0) is 12.5 Å². The maximum Gasteiger partial charge on any atom is 0.250 e. The standard InChI is InChI=1S/C10H13F2N/c1-8(13-7-10(11)12)9-5-3-2-4-6-9/h2-6,8,10,13H,7H2,1H3/t8-/m0/s1. The minimum Gasteiger partial charge on any atom is -0.305 e. The van der Waals surface area contributed by atoms with E-state index in [4.69, 9.17) is 0 Å². The average molecular weight is 185 g/mol. The Kier molecular flexibility index (Phi) is 3.83. The molecule has 0 spiro atoms. The van der Waals surface area contributed by atoms with Crippen LogP contribution >= 0.6 is 0 Å². The van der Waals surface area contributed by atoms with Gasteiger partial charge in [0.15, 0.2) is 0 Å². The van der Waals surface area contributed by atoms with Crippen molar-refractivity contribution >= 4 is 0 Å². The molecule has 1 aromatic rings. The average Bonchev–Trinajstić information content (AvgIpc) is 2.15. The predicted molar refractivity (Wildman–Crippen MR) is 48.9 cm³/mol. The van der Waals surface area contributed by atoms with Gasteiger partial charge in [-0.3, -0.25) is 0 Å². The molecule has 0 saturated carbocycles. The van der Waals surface area contributed by atoms with E-state index in [9.17, 15) is 8.78 Å². The van der Waals surface area contributed by atoms with Crippen LogP contribution in [-0.4, -0.2) is 13.0 Å². The van der Waals surface area contributed by atoms with Crippen LogP contribution in [0.1, 0.15) is 18.5 Å². The maximum absolute atomic E-state index is 11.8. The first kappa shape index (κ1) is 10.1. The van der Waals surface area contributed by atoms with Crippen molar-refractivity contribution in [2.45, 2.75) is 19.4 Å². The van der Waals surface area contributed by atoms with Crippen molar-refractivity contribution in [3.63, 3.8) is 0 Å². The van der Waals surface area contributed by atoms with Crippen LogP contribution in [0.2, 0.25) is 0 Å². The third kappa shape index (κ3) is 3.51. The van der Waals surface area contributed by atoms with E-state index in [0.717, 1.165) is 5.56 Å². The summed E-state index contributed by atoms with van der Waals surface area (Å²) in [7, 11) is 0. The molecule has 0 aliphatic heterocycles. The lowest BCUT2D eigenvalue weighted by Crippen LogP contribution is -2.24. The molecule has 0 radical (unpaired) electrons. The Balaban J connectivity index is 2.44. The number of nitrogens with one attached hydrogen (secondary N) is 1. The highest BCUT2D eigenvalue weighted by atomic mass is 19.3. The van der Waals surface area contributed by atoms with Crippen LogP contribution in [0.5, 0.6) is 0 Å². The number of rotatable bonds is 4. The number of alkyl halides is 2. The van der Waals surface area contributed by atoms with Crippen LogP contribution in [0, 0.1) is 0 Å². The summed E-state index contributed by atoms with van der Waals surface area (Å²) in [4.78, 5) is 0. The Bertz CT molecular complexity index is 236. The van der Waals surface area contributed by atoms with E-state index in [1.165, 1.54) is 0 Å². The van der Waals surface area contributed by atoms with Crippen molar-refractivity contribution in [3.8, 4) is 0 Å². The van der Waals surface area contributed by atoms with Gasteiger partial charge in [0.25, 0.3) is 6.43 Å². The molecule has 1 rings (SSSR count). The Labute approximate surface area is 76.8 Å². The van der Waals surface area contributed by atoms with Gasteiger partial charge in [-0.25, -0.2) is 8.78 Å². The molecule has 0 aromatic heterocycles. The van der Waals surface area contributed by atoms with Crippen LogP contribution in [-0.2, 0) is 0 Å². The Morgan fingerprint density at radius 1 is 1.23 bits per heavy atom. The molecule has 3 heteroatoms. The molecular weight excluding hydrogens is 172 g/mol. The van der Waals surface area contributed by atoms with E-state index in [0.29, 0.717) is 0 Å². The fourth-order valence-corrected chi connectivity index (χ4v) is 1.13. The van der Waals surface area contributed by atoms with E-state index >= 15 is 0 Å². The molecule has 72 valence electrons. The van der Waals surface area contributed by atoms with Crippen molar-refractivity contribution < 1.29 is 8.78 Å². The quantitative estimate of drug-likeness (QED) is 0.760. The number of hydrogen-bond donors (Lipinski definition) is 1. The highest BCUT2D eigenvalue weighted by Crippen LogP contribution is 2.10. The monoisotopic (exact) mass is 185 g/mol. The van der Waals surface area contributed by atoms with Gasteiger partial charge in [0.2, 0.25) is 0 Å². The van der Waals surface area contributed by atoms with E-state index < -0.39 is 6.43 Å². The van der Waals surface area contributed by atoms with Crippen LogP contribution in [0.25, 0.3) is 0 Å². The summed E-state index contributed by atoms with van der Waals surface area (Å²) in [5.41, 5.74) is 1.03. The van der Waals surface area contributed by atoms with Gasteiger partial charge >= 0.3 is 0 Å². The summed E-state index contributed by atoms with van der Waals surface area (Å²) >= 11 is 0. The lowest BCUT2D eigenvalue weighted by Gasteiger charge is -2.13. The normalized spacial score (nSPS) is 13.2. The maximum atomic E-state index is 11.8. The van der Waals surface area contributed by atoms with Gasteiger partial charge in [-0.2, -0.15) is 0 Å². The van der Waals surface area contributed by atoms with Crippen LogP contribution < -0.4 is 5.32 Å². The largest absolute Gasteiger partial charge is 0.305 e. The summed E-state index contributed by atoms with van der Waals surface area (Å²) in [6.07, 6.45) is -2.29. The molecule has 13 heavy (non-hydrogen) atoms. The molecule has 1 N–H and O–H groups in total. The first-order chi connectivity index (χ1) is 6.20. The summed E-state index contributed by atoms with van der Waals surface area (Å²) in [5.74, 6) is 0. The second-order valence-corrected chi connectivity index (χ2v) is 2.93. The van der Waals surface area contributed by atoms with Crippen LogP contribution in [0.4, 0.5) is 8.78 Å². The van der Waals surface area contributed by atoms with Crippen LogP contribution in [0.15, 0.2) is 30.3 Å². The molecule has 0 unspecified atom stereocenters. The van der Waals surface area contributed by atoms with Crippen molar-refractivity contribution in [3.05, 3.63) is 35.9 Å². The minimum absolute atomic E-state index is 0.0183. The fraction of sp³-hybridized carbons (Fsp3) is 0.400. The van der Waals surface area contributed by atoms with E-state index in [1.807, 2.05) is 37.3 Å².